The van der Waals surface area contributed by atoms with Crippen LogP contribution in [0.25, 0.3) is 0 Å². The third-order valence-corrected chi connectivity index (χ3v) is 4.37. The molecular formula is C13H23NO. The van der Waals surface area contributed by atoms with Crippen LogP contribution in [0.3, 0.4) is 0 Å². The molecule has 2 saturated carbocycles. The van der Waals surface area contributed by atoms with E-state index in [4.69, 9.17) is 0 Å². The van der Waals surface area contributed by atoms with Gasteiger partial charge in [-0.05, 0) is 42.9 Å². The van der Waals surface area contributed by atoms with Gasteiger partial charge in [0.05, 0.1) is 0 Å². The van der Waals surface area contributed by atoms with E-state index in [-0.39, 0.29) is 5.91 Å². The normalized spacial score (nSPS) is 39.9. The lowest BCUT2D eigenvalue weighted by atomic mass is 9.58. The molecule has 3 atom stereocenters. The van der Waals surface area contributed by atoms with E-state index in [0.29, 0.717) is 5.41 Å². The fourth-order valence-electron chi connectivity index (χ4n) is 4.02. The van der Waals surface area contributed by atoms with E-state index < -0.39 is 0 Å². The molecule has 2 nitrogen and oxygen atoms in total. The molecule has 2 bridgehead atoms. The van der Waals surface area contributed by atoms with Gasteiger partial charge in [-0.2, -0.15) is 0 Å². The van der Waals surface area contributed by atoms with E-state index in [2.05, 4.69) is 12.2 Å². The Hall–Kier alpha value is -0.530. The van der Waals surface area contributed by atoms with Gasteiger partial charge in [-0.3, -0.25) is 4.79 Å². The van der Waals surface area contributed by atoms with Crippen molar-refractivity contribution in [2.75, 3.05) is 7.05 Å². The van der Waals surface area contributed by atoms with E-state index in [1.165, 1.54) is 38.5 Å². The highest BCUT2D eigenvalue weighted by molar-refractivity contribution is 5.76. The van der Waals surface area contributed by atoms with Crippen molar-refractivity contribution in [1.29, 1.82) is 0 Å². The zero-order valence-corrected chi connectivity index (χ0v) is 10.0. The molecule has 0 saturated heterocycles. The first-order valence-electron chi connectivity index (χ1n) is 6.34. The van der Waals surface area contributed by atoms with Crippen molar-refractivity contribution in [1.82, 2.24) is 5.32 Å². The summed E-state index contributed by atoms with van der Waals surface area (Å²) in [6, 6.07) is 0. The summed E-state index contributed by atoms with van der Waals surface area (Å²) in [6.45, 7) is 2.36. The highest BCUT2D eigenvalue weighted by Crippen LogP contribution is 2.52. The Kier molecular flexibility index (Phi) is 3.03. The molecule has 2 aliphatic rings. The Morgan fingerprint density at radius 3 is 3.00 bits per heavy atom. The summed E-state index contributed by atoms with van der Waals surface area (Å²) in [5.41, 5.74) is 0.362. The van der Waals surface area contributed by atoms with Crippen molar-refractivity contribution in [3.63, 3.8) is 0 Å². The Morgan fingerprint density at radius 1 is 1.47 bits per heavy atom. The quantitative estimate of drug-likeness (QED) is 0.744. The van der Waals surface area contributed by atoms with Crippen molar-refractivity contribution in [3.05, 3.63) is 0 Å². The molecule has 2 fully saturated rings. The SMILES string of the molecule is CNC(=O)CC12CCCC(CC(C)C1)C2. The second-order valence-electron chi connectivity index (χ2n) is 5.86. The van der Waals surface area contributed by atoms with Crippen LogP contribution in [0.15, 0.2) is 0 Å². The Labute approximate surface area is 92.8 Å². The van der Waals surface area contributed by atoms with Crippen LogP contribution in [0.5, 0.6) is 0 Å². The summed E-state index contributed by atoms with van der Waals surface area (Å²) in [7, 11) is 1.76. The molecule has 3 unspecified atom stereocenters. The fourth-order valence-corrected chi connectivity index (χ4v) is 4.02. The number of carbonyl (C=O) groups is 1. The Morgan fingerprint density at radius 2 is 2.27 bits per heavy atom. The molecule has 2 rings (SSSR count). The molecule has 2 heteroatoms. The van der Waals surface area contributed by atoms with Gasteiger partial charge in [0.25, 0.3) is 0 Å². The molecule has 0 heterocycles. The molecule has 15 heavy (non-hydrogen) atoms. The summed E-state index contributed by atoms with van der Waals surface area (Å²) in [5, 5.41) is 2.79. The lowest BCUT2D eigenvalue weighted by Crippen LogP contribution is -2.39. The van der Waals surface area contributed by atoms with E-state index in [1.54, 1.807) is 7.05 Å². The van der Waals surface area contributed by atoms with Crippen LogP contribution in [-0.4, -0.2) is 13.0 Å². The molecule has 0 aliphatic heterocycles. The number of nitrogens with one attached hydrogen (secondary N) is 1. The van der Waals surface area contributed by atoms with Gasteiger partial charge in [0.15, 0.2) is 0 Å². The van der Waals surface area contributed by atoms with Crippen molar-refractivity contribution in [2.24, 2.45) is 17.3 Å². The summed E-state index contributed by atoms with van der Waals surface area (Å²) in [4.78, 5) is 11.6. The van der Waals surface area contributed by atoms with Crippen molar-refractivity contribution in [3.8, 4) is 0 Å². The monoisotopic (exact) mass is 209 g/mol. The van der Waals surface area contributed by atoms with E-state index in [1.807, 2.05) is 0 Å². The fraction of sp³-hybridized carbons (Fsp3) is 0.923. The van der Waals surface area contributed by atoms with Crippen molar-refractivity contribution in [2.45, 2.75) is 51.9 Å². The van der Waals surface area contributed by atoms with Crippen LogP contribution < -0.4 is 5.32 Å². The van der Waals surface area contributed by atoms with Gasteiger partial charge in [0, 0.05) is 13.5 Å². The molecule has 2 aliphatic carbocycles. The highest BCUT2D eigenvalue weighted by Gasteiger charge is 2.42. The Balaban J connectivity index is 2.06. The number of hydrogen-bond acceptors (Lipinski definition) is 1. The molecule has 0 aromatic rings. The summed E-state index contributed by atoms with van der Waals surface area (Å²) >= 11 is 0. The second kappa shape index (κ2) is 4.15. The largest absolute Gasteiger partial charge is 0.359 e. The van der Waals surface area contributed by atoms with Crippen LogP contribution >= 0.6 is 0 Å². The minimum atomic E-state index is 0.241. The molecular weight excluding hydrogens is 186 g/mol. The third kappa shape index (κ3) is 2.35. The standard InChI is InChI=1S/C13H23NO/c1-10-6-11-4-3-5-13(7-10,8-11)9-12(15)14-2/h10-11H,3-9H2,1-2H3,(H,14,15). The van der Waals surface area contributed by atoms with Crippen molar-refractivity contribution >= 4 is 5.91 Å². The molecule has 86 valence electrons. The zero-order valence-electron chi connectivity index (χ0n) is 10.0. The molecule has 0 aromatic heterocycles. The van der Waals surface area contributed by atoms with Crippen LogP contribution in [0.2, 0.25) is 0 Å². The third-order valence-electron chi connectivity index (χ3n) is 4.37. The summed E-state index contributed by atoms with van der Waals surface area (Å²) in [5.74, 6) is 1.98. The van der Waals surface area contributed by atoms with Gasteiger partial charge < -0.3 is 5.32 Å². The van der Waals surface area contributed by atoms with Gasteiger partial charge in [0.2, 0.25) is 5.91 Å². The smallest absolute Gasteiger partial charge is 0.220 e. The number of carbonyl (C=O) groups excluding carboxylic acids is 1. The molecule has 0 spiro atoms. The second-order valence-corrected chi connectivity index (χ2v) is 5.86. The topological polar surface area (TPSA) is 29.1 Å². The van der Waals surface area contributed by atoms with Crippen molar-refractivity contribution < 1.29 is 4.79 Å². The first-order chi connectivity index (χ1) is 7.13. The average molecular weight is 209 g/mol. The highest BCUT2D eigenvalue weighted by atomic mass is 16.1. The number of rotatable bonds is 2. The minimum absolute atomic E-state index is 0.241. The van der Waals surface area contributed by atoms with E-state index in [9.17, 15) is 4.79 Å². The van der Waals surface area contributed by atoms with Crippen LogP contribution in [0.1, 0.15) is 51.9 Å². The van der Waals surface area contributed by atoms with E-state index in [0.717, 1.165) is 18.3 Å². The summed E-state index contributed by atoms with van der Waals surface area (Å²) < 4.78 is 0. The summed E-state index contributed by atoms with van der Waals surface area (Å²) in [6.07, 6.45) is 8.77. The maximum Gasteiger partial charge on any atom is 0.220 e. The lowest BCUT2D eigenvalue weighted by molar-refractivity contribution is -0.125. The number of hydrogen-bond donors (Lipinski definition) is 1. The van der Waals surface area contributed by atoms with E-state index >= 15 is 0 Å². The Bertz CT molecular complexity index is 247. The minimum Gasteiger partial charge on any atom is -0.359 e. The van der Waals surface area contributed by atoms with Crippen LogP contribution in [0, 0.1) is 17.3 Å². The number of fused-ring (bicyclic) bond motifs is 2. The maximum absolute atomic E-state index is 11.6. The molecule has 0 radical (unpaired) electrons. The molecule has 0 aromatic carbocycles. The predicted molar refractivity (Wildman–Crippen MR) is 61.5 cm³/mol. The van der Waals surface area contributed by atoms with Gasteiger partial charge in [-0.25, -0.2) is 0 Å². The maximum atomic E-state index is 11.6. The number of amides is 1. The van der Waals surface area contributed by atoms with Gasteiger partial charge in [0.1, 0.15) is 0 Å². The molecule has 1 amide bonds. The van der Waals surface area contributed by atoms with Gasteiger partial charge in [-0.1, -0.05) is 19.8 Å². The zero-order chi connectivity index (χ0) is 10.9. The average Bonchev–Trinajstić information content (AvgIpc) is 2.15. The predicted octanol–water partition coefficient (Wildman–Crippen LogP) is 2.73. The first kappa shape index (κ1) is 11.0. The lowest BCUT2D eigenvalue weighted by Gasteiger charge is -2.47. The molecule has 1 N–H and O–H groups in total. The van der Waals surface area contributed by atoms with Gasteiger partial charge in [-0.15, -0.1) is 0 Å². The van der Waals surface area contributed by atoms with Gasteiger partial charge >= 0.3 is 0 Å². The van der Waals surface area contributed by atoms with Crippen LogP contribution in [-0.2, 0) is 4.79 Å². The first-order valence-corrected chi connectivity index (χ1v) is 6.34. The van der Waals surface area contributed by atoms with Crippen LogP contribution in [0.4, 0.5) is 0 Å².